The number of hydrogen-bond donors (Lipinski definition) is 1. The van der Waals surface area contributed by atoms with Gasteiger partial charge in [0.15, 0.2) is 11.5 Å². The van der Waals surface area contributed by atoms with Crippen molar-refractivity contribution in [2.24, 2.45) is 23.7 Å². The summed E-state index contributed by atoms with van der Waals surface area (Å²) >= 11 is 1.32. The Balaban J connectivity index is 1.91. The Morgan fingerprint density at radius 2 is 2.14 bits per heavy atom. The topological polar surface area (TPSA) is 87.4 Å². The Kier molecular flexibility index (Phi) is 3.28. The normalized spacial score (nSPS) is 23.5. The molecule has 3 aromatic rings. The molecule has 0 spiro atoms. The lowest BCUT2D eigenvalue weighted by atomic mass is 9.82. The van der Waals surface area contributed by atoms with E-state index in [0.717, 1.165) is 27.0 Å². The molecule has 0 saturated carbocycles. The highest BCUT2D eigenvalue weighted by atomic mass is 32.1. The average molecular weight is 393 g/mol. The minimum atomic E-state index is -1.01. The van der Waals surface area contributed by atoms with E-state index in [2.05, 4.69) is 6.07 Å². The first kappa shape index (κ1) is 17.0. The van der Waals surface area contributed by atoms with Crippen LogP contribution in [0.4, 0.5) is 4.39 Å². The Morgan fingerprint density at radius 3 is 2.86 bits per heavy atom. The molecule has 2 aliphatic rings. The lowest BCUT2D eigenvalue weighted by molar-refractivity contribution is -0.133. The van der Waals surface area contributed by atoms with E-state index in [1.54, 1.807) is 19.2 Å². The van der Waals surface area contributed by atoms with E-state index < -0.39 is 11.5 Å². The molecule has 0 radical (unpaired) electrons. The van der Waals surface area contributed by atoms with Crippen LogP contribution in [0, 0.1) is 23.1 Å². The van der Waals surface area contributed by atoms with Crippen LogP contribution in [-0.2, 0) is 23.8 Å². The minimum Gasteiger partial charge on any atom is -0.369 e. The van der Waals surface area contributed by atoms with Crippen molar-refractivity contribution in [3.63, 3.8) is 0 Å². The molecule has 0 fully saturated rings. The number of hydrogen-bond acceptors (Lipinski definition) is 5. The zero-order valence-corrected chi connectivity index (χ0v) is 16.0. The molecule has 0 bridgehead atoms. The highest BCUT2D eigenvalue weighted by Gasteiger charge is 2.58. The SMILES string of the molecule is CN1C(=O)C2Cc3c(n(C)c4cc(F)ccc34)C2(c2ccc(C#N)s2)N=C1N. The van der Waals surface area contributed by atoms with Crippen LogP contribution in [0.15, 0.2) is 35.3 Å². The molecule has 1 aliphatic heterocycles. The number of nitriles is 1. The van der Waals surface area contributed by atoms with E-state index in [-0.39, 0.29) is 17.7 Å². The predicted octanol–water partition coefficient (Wildman–Crippen LogP) is 2.45. The van der Waals surface area contributed by atoms with Crippen LogP contribution in [0.3, 0.4) is 0 Å². The monoisotopic (exact) mass is 393 g/mol. The molecule has 3 heterocycles. The predicted molar refractivity (Wildman–Crippen MR) is 104 cm³/mol. The third-order valence-electron chi connectivity index (χ3n) is 5.90. The highest BCUT2D eigenvalue weighted by Crippen LogP contribution is 2.55. The number of benzene rings is 1. The van der Waals surface area contributed by atoms with Gasteiger partial charge >= 0.3 is 0 Å². The molecule has 2 unspecified atom stereocenters. The lowest BCUT2D eigenvalue weighted by Gasteiger charge is -2.38. The molecule has 1 amide bonds. The summed E-state index contributed by atoms with van der Waals surface area (Å²) in [5.41, 5.74) is 7.70. The van der Waals surface area contributed by atoms with Crippen LogP contribution in [-0.4, -0.2) is 28.4 Å². The number of nitrogens with zero attached hydrogens (tertiary/aromatic N) is 4. The van der Waals surface area contributed by atoms with Crippen molar-refractivity contribution in [3.8, 4) is 6.07 Å². The van der Waals surface area contributed by atoms with Crippen molar-refractivity contribution in [3.05, 3.63) is 57.2 Å². The second-order valence-electron chi connectivity index (χ2n) is 7.21. The van der Waals surface area contributed by atoms with Crippen molar-refractivity contribution in [2.45, 2.75) is 12.0 Å². The molecule has 0 saturated heterocycles. The second-order valence-corrected chi connectivity index (χ2v) is 8.30. The maximum absolute atomic E-state index is 13.9. The maximum Gasteiger partial charge on any atom is 0.235 e. The largest absolute Gasteiger partial charge is 0.369 e. The van der Waals surface area contributed by atoms with Crippen LogP contribution in [0.25, 0.3) is 10.9 Å². The van der Waals surface area contributed by atoms with E-state index in [1.807, 2.05) is 17.7 Å². The molecule has 2 atom stereocenters. The summed E-state index contributed by atoms with van der Waals surface area (Å²) in [6.07, 6.45) is 0.484. The van der Waals surface area contributed by atoms with E-state index in [1.165, 1.54) is 28.4 Å². The van der Waals surface area contributed by atoms with Crippen molar-refractivity contribution >= 4 is 34.1 Å². The number of amides is 1. The molecular weight excluding hydrogens is 377 g/mol. The number of carbonyl (C=O) groups excluding carboxylic acids is 1. The Labute approximate surface area is 164 Å². The van der Waals surface area contributed by atoms with Gasteiger partial charge in [-0.3, -0.25) is 9.69 Å². The Hall–Kier alpha value is -3.18. The number of aryl methyl sites for hydroxylation is 1. The van der Waals surface area contributed by atoms with E-state index in [4.69, 9.17) is 10.7 Å². The number of aromatic nitrogens is 1. The summed E-state index contributed by atoms with van der Waals surface area (Å²) in [5, 5.41) is 10.2. The van der Waals surface area contributed by atoms with E-state index >= 15 is 0 Å². The second kappa shape index (κ2) is 5.42. The molecule has 1 aromatic carbocycles. The van der Waals surface area contributed by atoms with Gasteiger partial charge in [-0.1, -0.05) is 0 Å². The average Bonchev–Trinajstić information content (AvgIpc) is 3.35. The third kappa shape index (κ3) is 1.89. The van der Waals surface area contributed by atoms with Crippen LogP contribution < -0.4 is 5.73 Å². The van der Waals surface area contributed by atoms with Gasteiger partial charge in [0.05, 0.1) is 17.1 Å². The summed E-state index contributed by atoms with van der Waals surface area (Å²) in [6.45, 7) is 0. The first-order chi connectivity index (χ1) is 13.4. The quantitative estimate of drug-likeness (QED) is 0.689. The third-order valence-corrected chi connectivity index (χ3v) is 7.01. The van der Waals surface area contributed by atoms with Gasteiger partial charge in [-0.15, -0.1) is 11.3 Å². The molecule has 140 valence electrons. The van der Waals surface area contributed by atoms with Crippen LogP contribution in [0.5, 0.6) is 0 Å². The van der Waals surface area contributed by atoms with Gasteiger partial charge in [0, 0.05) is 24.4 Å². The summed E-state index contributed by atoms with van der Waals surface area (Å²) in [6, 6.07) is 10.4. The molecule has 8 heteroatoms. The number of rotatable bonds is 1. The molecular formula is C20H16FN5OS. The summed E-state index contributed by atoms with van der Waals surface area (Å²) in [7, 11) is 3.48. The van der Waals surface area contributed by atoms with Gasteiger partial charge in [-0.25, -0.2) is 9.38 Å². The Morgan fingerprint density at radius 1 is 1.36 bits per heavy atom. The van der Waals surface area contributed by atoms with Gasteiger partial charge in [0.2, 0.25) is 5.91 Å². The molecule has 1 aliphatic carbocycles. The fraction of sp³-hybridized carbons (Fsp3) is 0.250. The first-order valence-corrected chi connectivity index (χ1v) is 9.60. The zero-order valence-electron chi connectivity index (χ0n) is 15.2. The zero-order chi connectivity index (χ0) is 19.8. The summed E-state index contributed by atoms with van der Waals surface area (Å²) in [5.74, 6) is -0.744. The fourth-order valence-corrected chi connectivity index (χ4v) is 5.64. The molecule has 28 heavy (non-hydrogen) atoms. The van der Waals surface area contributed by atoms with Crippen LogP contribution >= 0.6 is 11.3 Å². The van der Waals surface area contributed by atoms with Gasteiger partial charge < -0.3 is 10.3 Å². The van der Waals surface area contributed by atoms with Crippen LogP contribution in [0.2, 0.25) is 0 Å². The van der Waals surface area contributed by atoms with Crippen molar-refractivity contribution in [1.29, 1.82) is 5.26 Å². The van der Waals surface area contributed by atoms with Gasteiger partial charge in [-0.05, 0) is 42.3 Å². The smallest absolute Gasteiger partial charge is 0.235 e. The number of aliphatic imine (C=N–C) groups is 1. The van der Waals surface area contributed by atoms with Gasteiger partial charge in [0.25, 0.3) is 0 Å². The lowest BCUT2D eigenvalue weighted by Crippen LogP contribution is -2.54. The summed E-state index contributed by atoms with van der Waals surface area (Å²) < 4.78 is 15.8. The number of halogens is 1. The van der Waals surface area contributed by atoms with Crippen molar-refractivity contribution in [1.82, 2.24) is 9.47 Å². The van der Waals surface area contributed by atoms with E-state index in [0.29, 0.717) is 11.3 Å². The maximum atomic E-state index is 13.9. The number of guanidine groups is 1. The number of nitrogens with two attached hydrogens (primary N) is 1. The molecule has 6 nitrogen and oxygen atoms in total. The highest BCUT2D eigenvalue weighted by molar-refractivity contribution is 7.12. The fourth-order valence-electron chi connectivity index (χ4n) is 4.64. The standard InChI is InChI=1S/C20H16FN5OS/c1-25-15-7-10(21)3-5-12(15)13-8-14-18(27)26(2)19(23)24-20(14,17(13)25)16-6-4-11(9-22)28-16/h3-7,14H,8H2,1-2H3,(H2,23,24). The molecule has 2 aromatic heterocycles. The van der Waals surface area contributed by atoms with Gasteiger partial charge in [-0.2, -0.15) is 5.26 Å². The van der Waals surface area contributed by atoms with E-state index in [9.17, 15) is 14.4 Å². The number of fused-ring (bicyclic) bond motifs is 5. The summed E-state index contributed by atoms with van der Waals surface area (Å²) in [4.78, 5) is 20.7. The van der Waals surface area contributed by atoms with Crippen LogP contribution in [0.1, 0.15) is 21.0 Å². The number of thiophene rings is 1. The van der Waals surface area contributed by atoms with Crippen molar-refractivity contribution < 1.29 is 9.18 Å². The molecule has 5 rings (SSSR count). The van der Waals surface area contributed by atoms with Gasteiger partial charge in [0.1, 0.15) is 16.8 Å². The number of carbonyl (C=O) groups is 1. The minimum absolute atomic E-state index is 0.106. The first-order valence-electron chi connectivity index (χ1n) is 8.79. The molecule has 2 N–H and O–H groups in total. The van der Waals surface area contributed by atoms with Crippen molar-refractivity contribution in [2.75, 3.05) is 7.05 Å². The Bertz CT molecular complexity index is 1250.